The molecule has 0 bridgehead atoms. The molecule has 0 aromatic carbocycles. The number of carbonyl (C=O) groups is 1. The van der Waals surface area contributed by atoms with E-state index in [1.54, 1.807) is 13.0 Å². The molecule has 0 saturated heterocycles. The Kier molecular flexibility index (Phi) is 3.19. The Labute approximate surface area is 101 Å². The Morgan fingerprint density at radius 3 is 2.88 bits per heavy atom. The molecular weight excluding hydrogens is 216 g/mol. The summed E-state index contributed by atoms with van der Waals surface area (Å²) >= 11 is 0. The molecule has 2 atom stereocenters. The number of rotatable bonds is 2. The third-order valence-electron chi connectivity index (χ3n) is 3.28. The molecular formula is C13H16N2O2. The highest BCUT2D eigenvalue weighted by atomic mass is 16.3. The molecule has 1 aromatic rings. The van der Waals surface area contributed by atoms with Crippen LogP contribution in [0.4, 0.5) is 0 Å². The molecule has 1 fully saturated rings. The zero-order valence-electron chi connectivity index (χ0n) is 10.1. The van der Waals surface area contributed by atoms with Crippen molar-refractivity contribution in [3.8, 4) is 6.07 Å². The van der Waals surface area contributed by atoms with Crippen LogP contribution in [0.5, 0.6) is 0 Å². The van der Waals surface area contributed by atoms with E-state index in [2.05, 4.69) is 11.4 Å². The SMILES string of the molecule is Cc1cc(C(=O)NC2CCCC2C#N)c(C)o1. The van der Waals surface area contributed by atoms with Gasteiger partial charge in [0.15, 0.2) is 0 Å². The summed E-state index contributed by atoms with van der Waals surface area (Å²) in [5.41, 5.74) is 0.575. The van der Waals surface area contributed by atoms with Crippen molar-refractivity contribution in [2.45, 2.75) is 39.2 Å². The predicted molar refractivity (Wildman–Crippen MR) is 62.4 cm³/mol. The second-order valence-corrected chi connectivity index (χ2v) is 4.57. The van der Waals surface area contributed by atoms with E-state index in [9.17, 15) is 4.79 Å². The molecule has 1 N–H and O–H groups in total. The van der Waals surface area contributed by atoms with Gasteiger partial charge in [-0.05, 0) is 39.2 Å². The minimum atomic E-state index is -0.133. The third-order valence-corrected chi connectivity index (χ3v) is 3.28. The number of hydrogen-bond acceptors (Lipinski definition) is 3. The van der Waals surface area contributed by atoms with E-state index in [0.29, 0.717) is 11.3 Å². The van der Waals surface area contributed by atoms with Gasteiger partial charge in [0.05, 0.1) is 17.6 Å². The van der Waals surface area contributed by atoms with Crippen molar-refractivity contribution in [2.75, 3.05) is 0 Å². The molecule has 4 nitrogen and oxygen atoms in total. The average Bonchev–Trinajstić information content (AvgIpc) is 2.84. The molecule has 1 saturated carbocycles. The van der Waals surface area contributed by atoms with Crippen LogP contribution in [-0.2, 0) is 0 Å². The summed E-state index contributed by atoms with van der Waals surface area (Å²) in [6.07, 6.45) is 2.78. The van der Waals surface area contributed by atoms with Crippen LogP contribution in [0.15, 0.2) is 10.5 Å². The van der Waals surface area contributed by atoms with Crippen LogP contribution < -0.4 is 5.32 Å². The van der Waals surface area contributed by atoms with Gasteiger partial charge in [0, 0.05) is 6.04 Å². The second-order valence-electron chi connectivity index (χ2n) is 4.57. The van der Waals surface area contributed by atoms with Crippen molar-refractivity contribution in [1.29, 1.82) is 5.26 Å². The van der Waals surface area contributed by atoms with Gasteiger partial charge in [-0.1, -0.05) is 0 Å². The largest absolute Gasteiger partial charge is 0.466 e. The maximum atomic E-state index is 12.0. The zero-order valence-corrected chi connectivity index (χ0v) is 10.1. The summed E-state index contributed by atoms with van der Waals surface area (Å²) < 4.78 is 5.33. The summed E-state index contributed by atoms with van der Waals surface area (Å²) in [5.74, 6) is 1.18. The minimum Gasteiger partial charge on any atom is -0.466 e. The van der Waals surface area contributed by atoms with Crippen molar-refractivity contribution in [3.05, 3.63) is 23.2 Å². The molecule has 0 spiro atoms. The first-order valence-corrected chi connectivity index (χ1v) is 5.89. The zero-order chi connectivity index (χ0) is 12.4. The van der Waals surface area contributed by atoms with Gasteiger partial charge in [0.1, 0.15) is 11.5 Å². The summed E-state index contributed by atoms with van der Waals surface area (Å²) in [6, 6.07) is 3.98. The standard InChI is InChI=1S/C13H16N2O2/c1-8-6-11(9(2)17-8)13(16)15-12-5-3-4-10(12)7-14/h6,10,12H,3-5H2,1-2H3,(H,15,16). The fourth-order valence-corrected chi connectivity index (χ4v) is 2.39. The lowest BCUT2D eigenvalue weighted by atomic mass is 10.1. The molecule has 4 heteroatoms. The van der Waals surface area contributed by atoms with Gasteiger partial charge in [0.2, 0.25) is 0 Å². The number of hydrogen-bond donors (Lipinski definition) is 1. The highest BCUT2D eigenvalue weighted by molar-refractivity contribution is 5.95. The number of nitriles is 1. The summed E-state index contributed by atoms with van der Waals surface area (Å²) in [6.45, 7) is 3.59. The molecule has 2 unspecified atom stereocenters. The van der Waals surface area contributed by atoms with Crippen LogP contribution in [0.1, 0.15) is 41.1 Å². The highest BCUT2D eigenvalue weighted by Gasteiger charge is 2.29. The van der Waals surface area contributed by atoms with Gasteiger partial charge in [-0.3, -0.25) is 4.79 Å². The third kappa shape index (κ3) is 2.33. The summed E-state index contributed by atoms with van der Waals surface area (Å²) in [4.78, 5) is 12.0. The first-order valence-electron chi connectivity index (χ1n) is 5.89. The van der Waals surface area contributed by atoms with Gasteiger partial charge in [-0.15, -0.1) is 0 Å². The lowest BCUT2D eigenvalue weighted by molar-refractivity contribution is 0.0931. The van der Waals surface area contributed by atoms with Gasteiger partial charge in [-0.2, -0.15) is 5.26 Å². The molecule has 2 rings (SSSR count). The number of carbonyl (C=O) groups excluding carboxylic acids is 1. The van der Waals surface area contributed by atoms with Gasteiger partial charge < -0.3 is 9.73 Å². The van der Waals surface area contributed by atoms with Crippen LogP contribution in [0.2, 0.25) is 0 Å². The number of amides is 1. The van der Waals surface area contributed by atoms with E-state index >= 15 is 0 Å². The van der Waals surface area contributed by atoms with Crippen molar-refractivity contribution < 1.29 is 9.21 Å². The molecule has 1 amide bonds. The topological polar surface area (TPSA) is 66.0 Å². The molecule has 17 heavy (non-hydrogen) atoms. The molecule has 0 aliphatic heterocycles. The molecule has 1 aromatic heterocycles. The molecule has 90 valence electrons. The normalized spacial score (nSPS) is 23.4. The van der Waals surface area contributed by atoms with E-state index in [1.807, 2.05) is 6.92 Å². The number of furan rings is 1. The van der Waals surface area contributed by atoms with Crippen LogP contribution in [0.3, 0.4) is 0 Å². The molecule has 0 radical (unpaired) electrons. The fraction of sp³-hybridized carbons (Fsp3) is 0.538. The number of nitrogens with one attached hydrogen (secondary N) is 1. The van der Waals surface area contributed by atoms with Crippen LogP contribution in [0, 0.1) is 31.1 Å². The van der Waals surface area contributed by atoms with E-state index in [0.717, 1.165) is 25.0 Å². The second kappa shape index (κ2) is 4.62. The van der Waals surface area contributed by atoms with E-state index < -0.39 is 0 Å². The average molecular weight is 232 g/mol. The maximum Gasteiger partial charge on any atom is 0.255 e. The Hall–Kier alpha value is -1.76. The summed E-state index contributed by atoms with van der Waals surface area (Å²) in [7, 11) is 0. The minimum absolute atomic E-state index is 0.0119. The van der Waals surface area contributed by atoms with Gasteiger partial charge in [-0.25, -0.2) is 0 Å². The first-order chi connectivity index (χ1) is 8.11. The fourth-order valence-electron chi connectivity index (χ4n) is 2.39. The van der Waals surface area contributed by atoms with Crippen molar-refractivity contribution in [1.82, 2.24) is 5.32 Å². The quantitative estimate of drug-likeness (QED) is 0.850. The van der Waals surface area contributed by atoms with E-state index in [1.165, 1.54) is 0 Å². The van der Waals surface area contributed by atoms with E-state index in [4.69, 9.17) is 9.68 Å². The lowest BCUT2D eigenvalue weighted by Crippen LogP contribution is -2.37. The maximum absolute atomic E-state index is 12.0. The molecule has 1 heterocycles. The van der Waals surface area contributed by atoms with Crippen molar-refractivity contribution >= 4 is 5.91 Å². The lowest BCUT2D eigenvalue weighted by Gasteiger charge is -2.14. The smallest absolute Gasteiger partial charge is 0.255 e. The Morgan fingerprint density at radius 1 is 1.53 bits per heavy atom. The van der Waals surface area contributed by atoms with Gasteiger partial charge in [0.25, 0.3) is 5.91 Å². The van der Waals surface area contributed by atoms with Crippen molar-refractivity contribution in [3.63, 3.8) is 0 Å². The highest BCUT2D eigenvalue weighted by Crippen LogP contribution is 2.25. The van der Waals surface area contributed by atoms with Crippen molar-refractivity contribution in [2.24, 2.45) is 5.92 Å². The number of nitrogens with zero attached hydrogens (tertiary/aromatic N) is 1. The monoisotopic (exact) mass is 232 g/mol. The number of aryl methyl sites for hydroxylation is 2. The first kappa shape index (κ1) is 11.7. The van der Waals surface area contributed by atoms with E-state index in [-0.39, 0.29) is 17.9 Å². The molecule has 1 aliphatic carbocycles. The Morgan fingerprint density at radius 2 is 2.29 bits per heavy atom. The Balaban J connectivity index is 2.07. The van der Waals surface area contributed by atoms with Gasteiger partial charge >= 0.3 is 0 Å². The summed E-state index contributed by atoms with van der Waals surface area (Å²) in [5, 5.41) is 11.9. The molecule has 1 aliphatic rings. The van der Waals surface area contributed by atoms with Crippen LogP contribution in [-0.4, -0.2) is 11.9 Å². The van der Waals surface area contributed by atoms with Crippen LogP contribution in [0.25, 0.3) is 0 Å². The predicted octanol–water partition coefficient (Wildman–Crippen LogP) is 2.32. The Bertz CT molecular complexity index is 470. The van der Waals surface area contributed by atoms with Crippen LogP contribution >= 0.6 is 0 Å².